The number of carbonyl (C=O) groups is 2. The van der Waals surface area contributed by atoms with E-state index in [9.17, 15) is 9.59 Å². The van der Waals surface area contributed by atoms with Crippen molar-refractivity contribution in [2.75, 3.05) is 19.5 Å². The Morgan fingerprint density at radius 2 is 1.76 bits per heavy atom. The van der Waals surface area contributed by atoms with Gasteiger partial charge in [0.1, 0.15) is 11.1 Å². The van der Waals surface area contributed by atoms with Gasteiger partial charge in [0.05, 0.1) is 20.5 Å². The molecule has 134 valence electrons. The number of rotatable bonds is 5. The lowest BCUT2D eigenvalue weighted by atomic mass is 9.95. The van der Waals surface area contributed by atoms with Crippen molar-refractivity contribution < 1.29 is 27.9 Å². The van der Waals surface area contributed by atoms with Crippen LogP contribution in [0.2, 0.25) is 0 Å². The van der Waals surface area contributed by atoms with Crippen LogP contribution in [0.1, 0.15) is 52.8 Å². The minimum absolute atomic E-state index is 0.00242. The van der Waals surface area contributed by atoms with Gasteiger partial charge in [0.2, 0.25) is 5.88 Å². The highest BCUT2D eigenvalue weighted by Gasteiger charge is 2.34. The third-order valence-electron chi connectivity index (χ3n) is 4.37. The summed E-state index contributed by atoms with van der Waals surface area (Å²) in [6.07, 6.45) is 6.84. The summed E-state index contributed by atoms with van der Waals surface area (Å²) in [5.41, 5.74) is 0.0360. The van der Waals surface area contributed by atoms with Crippen LogP contribution in [0, 0.1) is 0 Å². The van der Waals surface area contributed by atoms with Gasteiger partial charge in [-0.15, -0.1) is 0 Å². The molecule has 25 heavy (non-hydrogen) atoms. The quantitative estimate of drug-likeness (QED) is 0.821. The van der Waals surface area contributed by atoms with Gasteiger partial charge in [-0.25, -0.2) is 9.59 Å². The zero-order chi connectivity index (χ0) is 17.8. The molecule has 0 saturated heterocycles. The first-order valence-corrected chi connectivity index (χ1v) is 8.29. The van der Waals surface area contributed by atoms with Crippen LogP contribution in [0.4, 0.5) is 5.88 Å². The van der Waals surface area contributed by atoms with Gasteiger partial charge in [-0.2, -0.15) is 0 Å². The molecule has 1 aliphatic carbocycles. The Hall–Kier alpha value is -2.70. The Morgan fingerprint density at radius 3 is 2.36 bits per heavy atom. The van der Waals surface area contributed by atoms with Crippen molar-refractivity contribution >= 4 is 17.8 Å². The first-order chi connectivity index (χ1) is 12.2. The first-order valence-electron chi connectivity index (χ1n) is 8.29. The molecule has 1 fully saturated rings. The van der Waals surface area contributed by atoms with Crippen LogP contribution in [0.15, 0.2) is 27.2 Å². The molecule has 1 N–H and O–H groups in total. The number of anilines is 1. The molecule has 0 bridgehead atoms. The second kappa shape index (κ2) is 7.46. The fourth-order valence-corrected chi connectivity index (χ4v) is 3.14. The summed E-state index contributed by atoms with van der Waals surface area (Å²) >= 11 is 0. The molecule has 2 aromatic heterocycles. The van der Waals surface area contributed by atoms with E-state index < -0.39 is 11.9 Å². The monoisotopic (exact) mass is 347 g/mol. The zero-order valence-corrected chi connectivity index (χ0v) is 14.3. The van der Waals surface area contributed by atoms with Crippen molar-refractivity contribution in [3.05, 3.63) is 29.5 Å². The zero-order valence-electron chi connectivity index (χ0n) is 14.3. The summed E-state index contributed by atoms with van der Waals surface area (Å²) in [6, 6.07) is 3.50. The Labute approximate surface area is 145 Å². The molecule has 0 unspecified atom stereocenters. The molecule has 2 aromatic rings. The van der Waals surface area contributed by atoms with Gasteiger partial charge in [0, 0.05) is 6.04 Å². The van der Waals surface area contributed by atoms with Crippen LogP contribution in [-0.2, 0) is 9.47 Å². The number of carbonyl (C=O) groups excluding carboxylic acids is 2. The van der Waals surface area contributed by atoms with Crippen molar-refractivity contribution in [1.82, 2.24) is 0 Å². The molecule has 0 radical (unpaired) electrons. The maximum absolute atomic E-state index is 12.3. The fraction of sp³-hybridized carbons (Fsp3) is 0.444. The van der Waals surface area contributed by atoms with Gasteiger partial charge in [0.25, 0.3) is 0 Å². The Bertz CT molecular complexity index is 740. The molecule has 0 spiro atoms. The normalized spacial score (nSPS) is 15.0. The molecule has 2 heterocycles. The minimum atomic E-state index is -0.688. The molecule has 0 amide bonds. The number of hydrogen-bond donors (Lipinski definition) is 1. The van der Waals surface area contributed by atoms with Gasteiger partial charge in [0.15, 0.2) is 11.5 Å². The van der Waals surface area contributed by atoms with Crippen LogP contribution in [0.25, 0.3) is 11.5 Å². The Kier molecular flexibility index (Phi) is 5.11. The third kappa shape index (κ3) is 3.40. The highest BCUT2D eigenvalue weighted by atomic mass is 16.5. The molecule has 3 rings (SSSR count). The molecule has 0 aromatic carbocycles. The number of ether oxygens (including phenoxy) is 2. The van der Waals surface area contributed by atoms with Crippen molar-refractivity contribution in [2.45, 2.75) is 38.1 Å². The van der Waals surface area contributed by atoms with Gasteiger partial charge in [-0.3, -0.25) is 0 Å². The number of furan rings is 2. The summed E-state index contributed by atoms with van der Waals surface area (Å²) < 4.78 is 20.9. The van der Waals surface area contributed by atoms with Crippen molar-refractivity contribution in [3.63, 3.8) is 0 Å². The van der Waals surface area contributed by atoms with E-state index in [1.54, 1.807) is 12.1 Å². The molecule has 0 atom stereocenters. The van der Waals surface area contributed by atoms with Gasteiger partial charge in [-0.1, -0.05) is 19.3 Å². The maximum Gasteiger partial charge on any atom is 0.344 e. The number of methoxy groups -OCH3 is 2. The lowest BCUT2D eigenvalue weighted by Gasteiger charge is -2.22. The van der Waals surface area contributed by atoms with Crippen molar-refractivity contribution in [2.24, 2.45) is 0 Å². The highest BCUT2D eigenvalue weighted by Crippen LogP contribution is 2.37. The average molecular weight is 347 g/mol. The minimum Gasteiger partial charge on any atom is -0.465 e. The Balaban J connectivity index is 2.09. The van der Waals surface area contributed by atoms with Gasteiger partial charge >= 0.3 is 11.9 Å². The first kappa shape index (κ1) is 17.1. The van der Waals surface area contributed by atoms with Crippen molar-refractivity contribution in [1.29, 1.82) is 0 Å². The Morgan fingerprint density at radius 1 is 1.08 bits per heavy atom. The van der Waals surface area contributed by atoms with E-state index in [0.29, 0.717) is 5.76 Å². The predicted molar refractivity (Wildman–Crippen MR) is 89.6 cm³/mol. The summed E-state index contributed by atoms with van der Waals surface area (Å²) in [5, 5.41) is 3.25. The standard InChI is InChI=1S/C18H21NO6/c1-22-17(20)13-14(18(21)23-2)16(19-11-7-4-3-5-8-11)25-15(13)12-9-6-10-24-12/h6,9-11,19H,3-5,7-8H2,1-2H3. The SMILES string of the molecule is COC(=O)c1c(NC2CCCCC2)oc(-c2ccco2)c1C(=O)OC. The maximum atomic E-state index is 12.3. The smallest absolute Gasteiger partial charge is 0.344 e. The molecule has 1 saturated carbocycles. The summed E-state index contributed by atoms with van der Waals surface area (Å²) in [5.74, 6) is -0.657. The van der Waals surface area contributed by atoms with E-state index in [-0.39, 0.29) is 28.8 Å². The molecule has 0 aliphatic heterocycles. The molecule has 7 nitrogen and oxygen atoms in total. The van der Waals surface area contributed by atoms with E-state index in [1.807, 2.05) is 0 Å². The lowest BCUT2D eigenvalue weighted by molar-refractivity contribution is 0.0557. The van der Waals surface area contributed by atoms with Gasteiger partial charge in [-0.05, 0) is 25.0 Å². The van der Waals surface area contributed by atoms with Crippen LogP contribution in [-0.4, -0.2) is 32.2 Å². The topological polar surface area (TPSA) is 90.9 Å². The van der Waals surface area contributed by atoms with E-state index >= 15 is 0 Å². The lowest BCUT2D eigenvalue weighted by Crippen LogP contribution is -2.23. The van der Waals surface area contributed by atoms with Gasteiger partial charge < -0.3 is 23.6 Å². The van der Waals surface area contributed by atoms with Crippen LogP contribution >= 0.6 is 0 Å². The molecule has 1 aliphatic rings. The van der Waals surface area contributed by atoms with E-state index in [0.717, 1.165) is 25.7 Å². The van der Waals surface area contributed by atoms with Crippen LogP contribution in [0.3, 0.4) is 0 Å². The second-order valence-corrected chi connectivity index (χ2v) is 5.95. The second-order valence-electron chi connectivity index (χ2n) is 5.95. The van der Waals surface area contributed by atoms with E-state index in [4.69, 9.17) is 18.3 Å². The number of hydrogen-bond acceptors (Lipinski definition) is 7. The summed E-state index contributed by atoms with van der Waals surface area (Å²) in [6.45, 7) is 0. The summed E-state index contributed by atoms with van der Waals surface area (Å²) in [7, 11) is 2.50. The molecule has 7 heteroatoms. The number of nitrogens with one attached hydrogen (secondary N) is 1. The van der Waals surface area contributed by atoms with E-state index in [2.05, 4.69) is 5.32 Å². The molecular formula is C18H21NO6. The average Bonchev–Trinajstić information content (AvgIpc) is 3.29. The fourth-order valence-electron chi connectivity index (χ4n) is 3.14. The van der Waals surface area contributed by atoms with Crippen LogP contribution in [0.5, 0.6) is 0 Å². The van der Waals surface area contributed by atoms with Crippen LogP contribution < -0.4 is 5.32 Å². The highest BCUT2D eigenvalue weighted by molar-refractivity contribution is 6.10. The predicted octanol–water partition coefficient (Wildman–Crippen LogP) is 3.86. The third-order valence-corrected chi connectivity index (χ3v) is 4.37. The molecular weight excluding hydrogens is 326 g/mol. The van der Waals surface area contributed by atoms with E-state index in [1.165, 1.54) is 26.9 Å². The number of esters is 2. The van der Waals surface area contributed by atoms with Crippen molar-refractivity contribution in [3.8, 4) is 11.5 Å². The summed E-state index contributed by atoms with van der Waals surface area (Å²) in [4.78, 5) is 24.7. The largest absolute Gasteiger partial charge is 0.465 e.